The fourth-order valence-corrected chi connectivity index (χ4v) is 3.87. The fourth-order valence-electron chi connectivity index (χ4n) is 3.09. The molecule has 0 unspecified atom stereocenters. The molecule has 3 rings (SSSR count). The first-order valence-corrected chi connectivity index (χ1v) is 11.7. The Morgan fingerprint density at radius 2 is 1.54 bits per heavy atom. The number of rotatable bonds is 8. The van der Waals surface area contributed by atoms with Gasteiger partial charge in [-0.25, -0.2) is 0 Å². The lowest BCUT2D eigenvalue weighted by molar-refractivity contribution is -0.118. The van der Waals surface area contributed by atoms with Crippen LogP contribution in [0.3, 0.4) is 0 Å². The van der Waals surface area contributed by atoms with Gasteiger partial charge in [-0.1, -0.05) is 35.4 Å². The van der Waals surface area contributed by atoms with Gasteiger partial charge in [0.05, 0.1) is 10.7 Å². The van der Waals surface area contributed by atoms with Crippen LogP contribution in [-0.4, -0.2) is 25.5 Å². The maximum atomic E-state index is 12.6. The van der Waals surface area contributed by atoms with E-state index in [-0.39, 0.29) is 18.1 Å². The normalized spacial score (nSPS) is 10.8. The summed E-state index contributed by atoms with van der Waals surface area (Å²) in [6.07, 6.45) is 1.47. The average molecular weight is 581 g/mol. The molecule has 2 N–H and O–H groups in total. The summed E-state index contributed by atoms with van der Waals surface area (Å²) >= 11 is 2.06. The first-order chi connectivity index (χ1) is 16.8. The molecule has 0 aliphatic rings. The van der Waals surface area contributed by atoms with Crippen LogP contribution in [0.15, 0.2) is 66.2 Å². The third kappa shape index (κ3) is 7.32. The molecule has 0 saturated carbocycles. The molecule has 0 aliphatic heterocycles. The zero-order chi connectivity index (χ0) is 25.4. The molecule has 0 radical (unpaired) electrons. The van der Waals surface area contributed by atoms with Crippen LogP contribution >= 0.6 is 22.6 Å². The molecule has 0 bridgehead atoms. The van der Waals surface area contributed by atoms with Crippen molar-refractivity contribution in [3.63, 3.8) is 0 Å². The second kappa shape index (κ2) is 12.0. The number of ether oxygens (including phenoxy) is 2. The van der Waals surface area contributed by atoms with Gasteiger partial charge in [-0.05, 0) is 84.5 Å². The van der Waals surface area contributed by atoms with Gasteiger partial charge in [-0.3, -0.25) is 9.59 Å². The molecule has 0 aliphatic carbocycles. The van der Waals surface area contributed by atoms with Gasteiger partial charge in [0, 0.05) is 11.4 Å². The van der Waals surface area contributed by atoms with Crippen LogP contribution in [0.25, 0.3) is 6.08 Å². The molecule has 0 heterocycles. The van der Waals surface area contributed by atoms with Crippen molar-refractivity contribution < 1.29 is 19.1 Å². The van der Waals surface area contributed by atoms with Crippen LogP contribution in [-0.2, 0) is 9.59 Å². The van der Waals surface area contributed by atoms with Crippen molar-refractivity contribution in [1.82, 2.24) is 0 Å². The minimum Gasteiger partial charge on any atom is -0.493 e. The summed E-state index contributed by atoms with van der Waals surface area (Å²) in [5.74, 6) is -0.0527. The summed E-state index contributed by atoms with van der Waals surface area (Å²) in [5, 5.41) is 15.0. The number of hydrogen-bond donors (Lipinski definition) is 2. The SMILES string of the molecule is COc1cc(/C=C(\C#N)C(=O)Nc2ccc(C)cc2)cc(I)c1OCC(=O)Nc1ccc(C)cc1. The van der Waals surface area contributed by atoms with E-state index in [1.807, 2.05) is 56.3 Å². The highest BCUT2D eigenvalue weighted by Gasteiger charge is 2.15. The van der Waals surface area contributed by atoms with Crippen molar-refractivity contribution >= 4 is 51.9 Å². The van der Waals surface area contributed by atoms with Gasteiger partial charge >= 0.3 is 0 Å². The molecular formula is C27H24IN3O4. The van der Waals surface area contributed by atoms with E-state index in [1.54, 1.807) is 24.3 Å². The molecule has 2 amide bonds. The maximum Gasteiger partial charge on any atom is 0.266 e. The molecule has 0 spiro atoms. The Hall–Kier alpha value is -3.84. The summed E-state index contributed by atoms with van der Waals surface area (Å²) in [6, 6.07) is 20.1. The number of amides is 2. The number of nitrogens with one attached hydrogen (secondary N) is 2. The van der Waals surface area contributed by atoms with Gasteiger partial charge in [-0.2, -0.15) is 5.26 Å². The van der Waals surface area contributed by atoms with E-state index >= 15 is 0 Å². The number of methoxy groups -OCH3 is 1. The van der Waals surface area contributed by atoms with E-state index in [2.05, 4.69) is 33.2 Å². The number of hydrogen-bond acceptors (Lipinski definition) is 5. The minimum atomic E-state index is -0.515. The highest BCUT2D eigenvalue weighted by atomic mass is 127. The lowest BCUT2D eigenvalue weighted by Gasteiger charge is -2.14. The van der Waals surface area contributed by atoms with E-state index in [9.17, 15) is 14.9 Å². The monoisotopic (exact) mass is 581 g/mol. The van der Waals surface area contributed by atoms with Gasteiger partial charge < -0.3 is 20.1 Å². The van der Waals surface area contributed by atoms with Crippen LogP contribution in [0.2, 0.25) is 0 Å². The topological polar surface area (TPSA) is 100 Å². The summed E-state index contributed by atoms with van der Waals surface area (Å²) in [5.41, 5.74) is 3.96. The molecule has 0 atom stereocenters. The van der Waals surface area contributed by atoms with Crippen molar-refractivity contribution in [1.29, 1.82) is 5.26 Å². The lowest BCUT2D eigenvalue weighted by Crippen LogP contribution is -2.20. The highest BCUT2D eigenvalue weighted by Crippen LogP contribution is 2.34. The second-order valence-corrected chi connectivity index (χ2v) is 8.89. The van der Waals surface area contributed by atoms with E-state index in [0.29, 0.717) is 32.0 Å². The van der Waals surface area contributed by atoms with Gasteiger partial charge in [0.15, 0.2) is 18.1 Å². The van der Waals surface area contributed by atoms with Crippen LogP contribution < -0.4 is 20.1 Å². The largest absolute Gasteiger partial charge is 0.493 e. The zero-order valence-corrected chi connectivity index (χ0v) is 21.7. The Kier molecular flexibility index (Phi) is 8.86. The molecule has 178 valence electrons. The fraction of sp³-hybridized carbons (Fsp3) is 0.148. The molecule has 35 heavy (non-hydrogen) atoms. The van der Waals surface area contributed by atoms with Crippen LogP contribution in [0, 0.1) is 28.7 Å². The van der Waals surface area contributed by atoms with Crippen molar-refractivity contribution in [2.45, 2.75) is 13.8 Å². The predicted molar refractivity (Wildman–Crippen MR) is 144 cm³/mol. The van der Waals surface area contributed by atoms with E-state index in [4.69, 9.17) is 9.47 Å². The van der Waals surface area contributed by atoms with E-state index in [0.717, 1.165) is 11.1 Å². The van der Waals surface area contributed by atoms with Gasteiger partial charge in [0.2, 0.25) is 0 Å². The Morgan fingerprint density at radius 3 is 2.09 bits per heavy atom. The summed E-state index contributed by atoms with van der Waals surface area (Å²) in [4.78, 5) is 24.9. The Bertz CT molecular complexity index is 1290. The number of carbonyl (C=O) groups is 2. The summed E-state index contributed by atoms with van der Waals surface area (Å²) in [7, 11) is 1.48. The number of aryl methyl sites for hydroxylation is 2. The number of carbonyl (C=O) groups excluding carboxylic acids is 2. The number of halogens is 1. The van der Waals surface area contributed by atoms with Crippen LogP contribution in [0.5, 0.6) is 11.5 Å². The minimum absolute atomic E-state index is 0.0606. The van der Waals surface area contributed by atoms with E-state index < -0.39 is 5.91 Å². The molecule has 3 aromatic rings. The maximum absolute atomic E-state index is 12.6. The molecule has 8 heteroatoms. The molecule has 0 saturated heterocycles. The molecule has 3 aromatic carbocycles. The Labute approximate surface area is 217 Å². The lowest BCUT2D eigenvalue weighted by atomic mass is 10.1. The third-order valence-electron chi connectivity index (χ3n) is 4.92. The summed E-state index contributed by atoms with van der Waals surface area (Å²) < 4.78 is 11.8. The number of nitrogens with zero attached hydrogens (tertiary/aromatic N) is 1. The van der Waals surface area contributed by atoms with Gasteiger partial charge in [0.1, 0.15) is 11.6 Å². The first-order valence-electron chi connectivity index (χ1n) is 10.7. The molecule has 0 fully saturated rings. The first kappa shape index (κ1) is 25.8. The van der Waals surface area contributed by atoms with Crippen molar-refractivity contribution in [2.24, 2.45) is 0 Å². The average Bonchev–Trinajstić information content (AvgIpc) is 2.84. The third-order valence-corrected chi connectivity index (χ3v) is 5.72. The Balaban J connectivity index is 1.72. The zero-order valence-electron chi connectivity index (χ0n) is 19.5. The van der Waals surface area contributed by atoms with Gasteiger partial charge in [-0.15, -0.1) is 0 Å². The van der Waals surface area contributed by atoms with Gasteiger partial charge in [0.25, 0.3) is 11.8 Å². The highest BCUT2D eigenvalue weighted by molar-refractivity contribution is 14.1. The number of benzene rings is 3. The summed E-state index contributed by atoms with van der Waals surface area (Å²) in [6.45, 7) is 3.71. The molecule has 0 aromatic heterocycles. The molecular weight excluding hydrogens is 557 g/mol. The smallest absolute Gasteiger partial charge is 0.266 e. The van der Waals surface area contributed by atoms with Crippen molar-refractivity contribution in [2.75, 3.05) is 24.4 Å². The number of anilines is 2. The van der Waals surface area contributed by atoms with Crippen molar-refractivity contribution in [3.05, 3.63) is 86.5 Å². The Morgan fingerprint density at radius 1 is 0.971 bits per heavy atom. The van der Waals surface area contributed by atoms with E-state index in [1.165, 1.54) is 13.2 Å². The van der Waals surface area contributed by atoms with Crippen LogP contribution in [0.1, 0.15) is 16.7 Å². The standard InChI is InChI=1S/C27H24IN3O4/c1-17-4-8-21(9-5-17)30-25(32)16-35-26-23(28)13-19(14-24(26)34-3)12-20(15-29)27(33)31-22-10-6-18(2)7-11-22/h4-14H,16H2,1-3H3,(H,30,32)(H,31,33)/b20-12+. The van der Waals surface area contributed by atoms with Crippen LogP contribution in [0.4, 0.5) is 11.4 Å². The number of nitriles is 1. The van der Waals surface area contributed by atoms with Crippen molar-refractivity contribution in [3.8, 4) is 17.6 Å². The second-order valence-electron chi connectivity index (χ2n) is 7.73. The predicted octanol–water partition coefficient (Wildman–Crippen LogP) is 5.48. The molecule has 7 nitrogen and oxygen atoms in total. The quantitative estimate of drug-likeness (QED) is 0.209.